The van der Waals surface area contributed by atoms with Gasteiger partial charge < -0.3 is 5.32 Å². The van der Waals surface area contributed by atoms with Gasteiger partial charge in [-0.25, -0.2) is 5.43 Å². The van der Waals surface area contributed by atoms with Crippen LogP contribution in [0.3, 0.4) is 0 Å². The molecule has 0 atom stereocenters. The molecule has 2 amide bonds. The van der Waals surface area contributed by atoms with E-state index in [4.69, 9.17) is 0 Å². The third-order valence-electron chi connectivity index (χ3n) is 2.76. The average molecular weight is 360 g/mol. The minimum atomic E-state index is -0.829. The van der Waals surface area contributed by atoms with Crippen LogP contribution in [0.4, 0.5) is 5.69 Å². The van der Waals surface area contributed by atoms with E-state index in [-0.39, 0.29) is 0 Å². The van der Waals surface area contributed by atoms with Gasteiger partial charge in [0.15, 0.2) is 0 Å². The molecule has 2 rings (SSSR count). The fourth-order valence-electron chi connectivity index (χ4n) is 1.70. The standard InChI is InChI=1S/C16H14BrN3O2/c1-11-5-4-7-13(9-11)19-15(21)16(22)20-18-10-12-6-2-3-8-14(12)17/h2-10H,1H3,(H,19,21)(H,20,22)/b18-10+. The number of aryl methyl sites for hydroxylation is 1. The molecular weight excluding hydrogens is 346 g/mol. The first-order valence-corrected chi connectivity index (χ1v) is 7.31. The monoisotopic (exact) mass is 359 g/mol. The number of halogens is 1. The second-order valence-corrected chi connectivity index (χ2v) is 5.40. The Kier molecular flexibility index (Phi) is 5.43. The zero-order valence-electron chi connectivity index (χ0n) is 11.8. The minimum absolute atomic E-state index is 0.565. The number of anilines is 1. The van der Waals surface area contributed by atoms with Crippen LogP contribution in [0.15, 0.2) is 58.1 Å². The zero-order chi connectivity index (χ0) is 15.9. The summed E-state index contributed by atoms with van der Waals surface area (Å²) >= 11 is 3.36. The third-order valence-corrected chi connectivity index (χ3v) is 3.48. The van der Waals surface area contributed by atoms with Crippen LogP contribution in [0.25, 0.3) is 0 Å². The van der Waals surface area contributed by atoms with Crippen LogP contribution in [0.5, 0.6) is 0 Å². The summed E-state index contributed by atoms with van der Waals surface area (Å²) in [5.41, 5.74) is 4.54. The average Bonchev–Trinajstić information content (AvgIpc) is 2.49. The predicted molar refractivity (Wildman–Crippen MR) is 89.7 cm³/mol. The summed E-state index contributed by atoms with van der Waals surface area (Å²) in [4.78, 5) is 23.4. The van der Waals surface area contributed by atoms with Crippen molar-refractivity contribution in [3.8, 4) is 0 Å². The van der Waals surface area contributed by atoms with Gasteiger partial charge in [0.05, 0.1) is 6.21 Å². The van der Waals surface area contributed by atoms with Gasteiger partial charge in [-0.05, 0) is 30.7 Å². The molecular formula is C16H14BrN3O2. The van der Waals surface area contributed by atoms with E-state index in [0.29, 0.717) is 5.69 Å². The Morgan fingerprint density at radius 1 is 1.09 bits per heavy atom. The molecule has 0 fully saturated rings. The maximum absolute atomic E-state index is 11.7. The van der Waals surface area contributed by atoms with Crippen LogP contribution in [0, 0.1) is 6.92 Å². The maximum atomic E-state index is 11.7. The molecule has 0 aliphatic carbocycles. The summed E-state index contributed by atoms with van der Waals surface area (Å²) in [7, 11) is 0. The van der Waals surface area contributed by atoms with Gasteiger partial charge >= 0.3 is 11.8 Å². The molecule has 0 unspecified atom stereocenters. The van der Waals surface area contributed by atoms with E-state index >= 15 is 0 Å². The van der Waals surface area contributed by atoms with Crippen molar-refractivity contribution < 1.29 is 9.59 Å². The van der Waals surface area contributed by atoms with Crippen molar-refractivity contribution in [2.24, 2.45) is 5.10 Å². The van der Waals surface area contributed by atoms with Gasteiger partial charge in [-0.15, -0.1) is 0 Å². The Hall–Kier alpha value is -2.47. The number of amides is 2. The molecule has 0 heterocycles. The van der Waals surface area contributed by atoms with Gasteiger partial charge in [0, 0.05) is 15.7 Å². The lowest BCUT2D eigenvalue weighted by atomic mass is 10.2. The molecule has 2 aromatic carbocycles. The summed E-state index contributed by atoms with van der Waals surface area (Å²) in [6, 6.07) is 14.6. The first kappa shape index (κ1) is 15.9. The van der Waals surface area contributed by atoms with Crippen LogP contribution in [0.2, 0.25) is 0 Å². The highest BCUT2D eigenvalue weighted by atomic mass is 79.9. The highest BCUT2D eigenvalue weighted by Crippen LogP contribution is 2.13. The van der Waals surface area contributed by atoms with Crippen LogP contribution in [-0.2, 0) is 9.59 Å². The third kappa shape index (κ3) is 4.53. The normalized spacial score (nSPS) is 10.5. The van der Waals surface area contributed by atoms with Gasteiger partial charge in [-0.1, -0.05) is 46.3 Å². The quantitative estimate of drug-likeness (QED) is 0.502. The zero-order valence-corrected chi connectivity index (χ0v) is 13.4. The highest BCUT2D eigenvalue weighted by molar-refractivity contribution is 9.10. The van der Waals surface area contributed by atoms with Crippen molar-refractivity contribution in [2.75, 3.05) is 5.32 Å². The van der Waals surface area contributed by atoms with Crippen molar-refractivity contribution in [3.05, 3.63) is 64.1 Å². The molecule has 0 aromatic heterocycles. The molecule has 2 N–H and O–H groups in total. The van der Waals surface area contributed by atoms with Crippen LogP contribution in [0.1, 0.15) is 11.1 Å². The van der Waals surface area contributed by atoms with Crippen LogP contribution < -0.4 is 10.7 Å². The number of nitrogens with zero attached hydrogens (tertiary/aromatic N) is 1. The molecule has 0 bridgehead atoms. The number of hydrogen-bond acceptors (Lipinski definition) is 3. The molecule has 0 saturated heterocycles. The van der Waals surface area contributed by atoms with Crippen molar-refractivity contribution in [3.63, 3.8) is 0 Å². The summed E-state index contributed by atoms with van der Waals surface area (Å²) in [5, 5.41) is 6.28. The molecule has 0 radical (unpaired) electrons. The number of carbonyl (C=O) groups is 2. The maximum Gasteiger partial charge on any atom is 0.329 e. The number of rotatable bonds is 3. The van der Waals surface area contributed by atoms with E-state index in [0.717, 1.165) is 15.6 Å². The van der Waals surface area contributed by atoms with E-state index in [1.165, 1.54) is 6.21 Å². The molecule has 0 spiro atoms. The Morgan fingerprint density at radius 3 is 2.59 bits per heavy atom. The summed E-state index contributed by atoms with van der Waals surface area (Å²) in [6.07, 6.45) is 1.46. The van der Waals surface area contributed by atoms with Gasteiger partial charge in [0.25, 0.3) is 0 Å². The minimum Gasteiger partial charge on any atom is -0.318 e. The molecule has 5 nitrogen and oxygen atoms in total. The molecule has 0 aliphatic heterocycles. The van der Waals surface area contributed by atoms with E-state index in [1.54, 1.807) is 18.2 Å². The first-order chi connectivity index (χ1) is 10.6. The molecule has 0 aliphatic rings. The molecule has 112 valence electrons. The first-order valence-electron chi connectivity index (χ1n) is 6.52. The Bertz CT molecular complexity index is 729. The number of nitrogens with one attached hydrogen (secondary N) is 2. The van der Waals surface area contributed by atoms with Crippen molar-refractivity contribution in [1.82, 2.24) is 5.43 Å². The smallest absolute Gasteiger partial charge is 0.318 e. The van der Waals surface area contributed by atoms with E-state index in [1.807, 2.05) is 37.3 Å². The second kappa shape index (κ2) is 7.51. The van der Waals surface area contributed by atoms with Crippen LogP contribution in [-0.4, -0.2) is 18.0 Å². The molecule has 22 heavy (non-hydrogen) atoms. The fraction of sp³-hybridized carbons (Fsp3) is 0.0625. The topological polar surface area (TPSA) is 70.6 Å². The van der Waals surface area contributed by atoms with E-state index < -0.39 is 11.8 Å². The largest absolute Gasteiger partial charge is 0.329 e. The van der Waals surface area contributed by atoms with Gasteiger partial charge in [0.1, 0.15) is 0 Å². The Morgan fingerprint density at radius 2 is 1.86 bits per heavy atom. The molecule has 2 aromatic rings. The van der Waals surface area contributed by atoms with Crippen molar-refractivity contribution >= 4 is 39.6 Å². The molecule has 0 saturated carbocycles. The fourth-order valence-corrected chi connectivity index (χ4v) is 2.09. The second-order valence-electron chi connectivity index (χ2n) is 4.54. The van der Waals surface area contributed by atoms with Gasteiger partial charge in [-0.3, -0.25) is 9.59 Å². The summed E-state index contributed by atoms with van der Waals surface area (Å²) in [6.45, 7) is 1.90. The number of benzene rings is 2. The Labute approximate surface area is 136 Å². The predicted octanol–water partition coefficient (Wildman–Crippen LogP) is 2.85. The SMILES string of the molecule is Cc1cccc(NC(=O)C(=O)N/N=C/c2ccccc2Br)c1. The lowest BCUT2D eigenvalue weighted by Gasteiger charge is -2.04. The van der Waals surface area contributed by atoms with Gasteiger partial charge in [-0.2, -0.15) is 5.10 Å². The van der Waals surface area contributed by atoms with Crippen molar-refractivity contribution in [1.29, 1.82) is 0 Å². The van der Waals surface area contributed by atoms with E-state index in [9.17, 15) is 9.59 Å². The van der Waals surface area contributed by atoms with E-state index in [2.05, 4.69) is 31.8 Å². The number of hydrazone groups is 1. The highest BCUT2D eigenvalue weighted by Gasteiger charge is 2.12. The Balaban J connectivity index is 1.92. The molecule has 6 heteroatoms. The number of carbonyl (C=O) groups excluding carboxylic acids is 2. The lowest BCUT2D eigenvalue weighted by molar-refractivity contribution is -0.136. The van der Waals surface area contributed by atoms with Crippen molar-refractivity contribution in [2.45, 2.75) is 6.92 Å². The summed E-state index contributed by atoms with van der Waals surface area (Å²) < 4.78 is 0.845. The lowest BCUT2D eigenvalue weighted by Crippen LogP contribution is -2.32. The summed E-state index contributed by atoms with van der Waals surface area (Å²) in [5.74, 6) is -1.60. The van der Waals surface area contributed by atoms with Gasteiger partial charge in [0.2, 0.25) is 0 Å². The number of hydrogen-bond donors (Lipinski definition) is 2. The van der Waals surface area contributed by atoms with Crippen LogP contribution >= 0.6 is 15.9 Å².